The van der Waals surface area contributed by atoms with E-state index in [9.17, 15) is 9.59 Å². The average molecular weight is 312 g/mol. The van der Waals surface area contributed by atoms with Gasteiger partial charge < -0.3 is 15.4 Å². The summed E-state index contributed by atoms with van der Waals surface area (Å²) in [5.74, 6) is 0.248. The maximum Gasteiger partial charge on any atom is 0.255 e. The number of ether oxygens (including phenoxy) is 1. The van der Waals surface area contributed by atoms with Gasteiger partial charge in [-0.05, 0) is 55.3 Å². The maximum absolute atomic E-state index is 12.4. The maximum atomic E-state index is 12.4. The number of carbonyl (C=O) groups excluding carboxylic acids is 2. The van der Waals surface area contributed by atoms with Crippen LogP contribution in [0, 0.1) is 13.8 Å². The first-order valence-corrected chi connectivity index (χ1v) is 7.25. The first-order chi connectivity index (χ1) is 10.9. The van der Waals surface area contributed by atoms with Gasteiger partial charge in [-0.2, -0.15) is 0 Å². The van der Waals surface area contributed by atoms with Crippen LogP contribution in [0.3, 0.4) is 0 Å². The second-order valence-electron chi connectivity index (χ2n) is 5.37. The average Bonchev–Trinajstić information content (AvgIpc) is 2.49. The van der Waals surface area contributed by atoms with Gasteiger partial charge in [-0.3, -0.25) is 9.59 Å². The summed E-state index contributed by atoms with van der Waals surface area (Å²) in [4.78, 5) is 23.4. The summed E-state index contributed by atoms with van der Waals surface area (Å²) in [5, 5.41) is 5.55. The highest BCUT2D eigenvalue weighted by atomic mass is 16.5. The molecule has 0 fully saturated rings. The van der Waals surface area contributed by atoms with Gasteiger partial charge in [-0.25, -0.2) is 0 Å². The molecule has 0 atom stereocenters. The molecule has 120 valence electrons. The van der Waals surface area contributed by atoms with E-state index in [4.69, 9.17) is 4.74 Å². The molecular weight excluding hydrogens is 292 g/mol. The second kappa shape index (κ2) is 6.96. The van der Waals surface area contributed by atoms with Crippen molar-refractivity contribution < 1.29 is 14.3 Å². The zero-order valence-corrected chi connectivity index (χ0v) is 13.7. The van der Waals surface area contributed by atoms with Crippen molar-refractivity contribution in [3.05, 3.63) is 53.1 Å². The topological polar surface area (TPSA) is 67.4 Å². The fourth-order valence-electron chi connectivity index (χ4n) is 2.34. The lowest BCUT2D eigenvalue weighted by Crippen LogP contribution is -2.14. The Morgan fingerprint density at radius 1 is 1.00 bits per heavy atom. The van der Waals surface area contributed by atoms with E-state index >= 15 is 0 Å². The molecule has 2 rings (SSSR count). The zero-order valence-electron chi connectivity index (χ0n) is 13.7. The summed E-state index contributed by atoms with van der Waals surface area (Å²) in [6, 6.07) is 10.6. The quantitative estimate of drug-likeness (QED) is 0.907. The number of benzene rings is 2. The van der Waals surface area contributed by atoms with Crippen LogP contribution in [0.15, 0.2) is 36.4 Å². The van der Waals surface area contributed by atoms with Crippen LogP contribution in [0.2, 0.25) is 0 Å². The standard InChI is InChI=1S/C18H20N2O3/c1-11-9-12(2)17(16(10-11)23-4)20-18(22)14-5-7-15(8-6-14)19-13(3)21/h5-10H,1-4H3,(H,19,21)(H,20,22). The highest BCUT2D eigenvalue weighted by Crippen LogP contribution is 2.30. The summed E-state index contributed by atoms with van der Waals surface area (Å²) in [6.45, 7) is 5.33. The molecule has 0 unspecified atom stereocenters. The molecule has 0 radical (unpaired) electrons. The number of amides is 2. The van der Waals surface area contributed by atoms with Crippen LogP contribution in [-0.4, -0.2) is 18.9 Å². The van der Waals surface area contributed by atoms with Crippen LogP contribution in [0.25, 0.3) is 0 Å². The van der Waals surface area contributed by atoms with Crippen LogP contribution in [0.5, 0.6) is 5.75 Å². The molecule has 0 saturated heterocycles. The molecule has 0 aliphatic heterocycles. The number of aryl methyl sites for hydroxylation is 2. The summed E-state index contributed by atoms with van der Waals surface area (Å²) in [6.07, 6.45) is 0. The highest BCUT2D eigenvalue weighted by molar-refractivity contribution is 6.05. The van der Waals surface area contributed by atoms with Crippen LogP contribution < -0.4 is 15.4 Å². The molecular formula is C18H20N2O3. The molecule has 2 aromatic carbocycles. The Kier molecular flexibility index (Phi) is 5.01. The molecule has 0 aliphatic rings. The van der Waals surface area contributed by atoms with Crippen molar-refractivity contribution in [2.24, 2.45) is 0 Å². The Morgan fingerprint density at radius 2 is 1.65 bits per heavy atom. The molecule has 0 aromatic heterocycles. The molecule has 5 heteroatoms. The van der Waals surface area contributed by atoms with Gasteiger partial charge in [0.25, 0.3) is 5.91 Å². The Labute approximate surface area is 135 Å². The molecule has 0 heterocycles. The summed E-state index contributed by atoms with van der Waals surface area (Å²) < 4.78 is 5.34. The van der Waals surface area contributed by atoms with Gasteiger partial charge in [0.1, 0.15) is 5.75 Å². The third kappa shape index (κ3) is 4.10. The Balaban J connectivity index is 2.21. The largest absolute Gasteiger partial charge is 0.495 e. The van der Waals surface area contributed by atoms with E-state index in [0.29, 0.717) is 22.7 Å². The van der Waals surface area contributed by atoms with Gasteiger partial charge in [0.05, 0.1) is 12.8 Å². The molecule has 2 N–H and O–H groups in total. The number of anilines is 2. The molecule has 5 nitrogen and oxygen atoms in total. The van der Waals surface area contributed by atoms with Crippen molar-refractivity contribution >= 4 is 23.2 Å². The van der Waals surface area contributed by atoms with Crippen LogP contribution >= 0.6 is 0 Å². The van der Waals surface area contributed by atoms with Crippen molar-refractivity contribution in [1.82, 2.24) is 0 Å². The van der Waals surface area contributed by atoms with Gasteiger partial charge in [0.15, 0.2) is 0 Å². The lowest BCUT2D eigenvalue weighted by atomic mass is 10.1. The lowest BCUT2D eigenvalue weighted by molar-refractivity contribution is -0.114. The van der Waals surface area contributed by atoms with E-state index in [-0.39, 0.29) is 11.8 Å². The van der Waals surface area contributed by atoms with Gasteiger partial charge in [-0.1, -0.05) is 6.07 Å². The minimum Gasteiger partial charge on any atom is -0.495 e. The van der Waals surface area contributed by atoms with E-state index in [1.807, 2.05) is 26.0 Å². The van der Waals surface area contributed by atoms with Crippen molar-refractivity contribution in [2.75, 3.05) is 17.7 Å². The molecule has 0 aliphatic carbocycles. The lowest BCUT2D eigenvalue weighted by Gasteiger charge is -2.14. The first-order valence-electron chi connectivity index (χ1n) is 7.25. The summed E-state index contributed by atoms with van der Waals surface area (Å²) in [7, 11) is 1.58. The van der Waals surface area contributed by atoms with E-state index < -0.39 is 0 Å². The number of rotatable bonds is 4. The van der Waals surface area contributed by atoms with Crippen molar-refractivity contribution in [2.45, 2.75) is 20.8 Å². The Hall–Kier alpha value is -2.82. The number of methoxy groups -OCH3 is 1. The third-order valence-electron chi connectivity index (χ3n) is 3.37. The molecule has 2 aromatic rings. The molecule has 0 spiro atoms. The number of hydrogen-bond acceptors (Lipinski definition) is 3. The molecule has 0 bridgehead atoms. The van der Waals surface area contributed by atoms with Gasteiger partial charge in [0, 0.05) is 18.2 Å². The van der Waals surface area contributed by atoms with Gasteiger partial charge in [0.2, 0.25) is 5.91 Å². The Bertz CT molecular complexity index is 737. The first kappa shape index (κ1) is 16.5. The van der Waals surface area contributed by atoms with Crippen LogP contribution in [-0.2, 0) is 4.79 Å². The van der Waals surface area contributed by atoms with E-state index in [2.05, 4.69) is 10.6 Å². The molecule has 2 amide bonds. The normalized spacial score (nSPS) is 10.1. The van der Waals surface area contributed by atoms with Crippen molar-refractivity contribution in [1.29, 1.82) is 0 Å². The third-order valence-corrected chi connectivity index (χ3v) is 3.37. The smallest absolute Gasteiger partial charge is 0.255 e. The monoisotopic (exact) mass is 312 g/mol. The number of hydrogen-bond donors (Lipinski definition) is 2. The Morgan fingerprint density at radius 3 is 2.22 bits per heavy atom. The predicted molar refractivity (Wildman–Crippen MR) is 91.2 cm³/mol. The van der Waals surface area contributed by atoms with Crippen LogP contribution in [0.1, 0.15) is 28.4 Å². The highest BCUT2D eigenvalue weighted by Gasteiger charge is 2.13. The summed E-state index contributed by atoms with van der Waals surface area (Å²) in [5.41, 5.74) is 3.82. The fraction of sp³-hybridized carbons (Fsp3) is 0.222. The SMILES string of the molecule is COc1cc(C)cc(C)c1NC(=O)c1ccc(NC(C)=O)cc1. The molecule has 0 saturated carbocycles. The second-order valence-corrected chi connectivity index (χ2v) is 5.37. The zero-order chi connectivity index (χ0) is 17.0. The van der Waals surface area contributed by atoms with E-state index in [1.54, 1.807) is 31.4 Å². The van der Waals surface area contributed by atoms with Gasteiger partial charge >= 0.3 is 0 Å². The van der Waals surface area contributed by atoms with Crippen molar-refractivity contribution in [3.63, 3.8) is 0 Å². The fourth-order valence-corrected chi connectivity index (χ4v) is 2.34. The van der Waals surface area contributed by atoms with Gasteiger partial charge in [-0.15, -0.1) is 0 Å². The number of nitrogens with one attached hydrogen (secondary N) is 2. The summed E-state index contributed by atoms with van der Waals surface area (Å²) >= 11 is 0. The molecule has 23 heavy (non-hydrogen) atoms. The van der Waals surface area contributed by atoms with Crippen LogP contribution in [0.4, 0.5) is 11.4 Å². The predicted octanol–water partition coefficient (Wildman–Crippen LogP) is 3.52. The minimum atomic E-state index is -0.232. The number of carbonyl (C=O) groups is 2. The van der Waals surface area contributed by atoms with E-state index in [1.165, 1.54) is 6.92 Å². The van der Waals surface area contributed by atoms with Crippen molar-refractivity contribution in [3.8, 4) is 5.75 Å². The van der Waals surface area contributed by atoms with E-state index in [0.717, 1.165) is 11.1 Å². The minimum absolute atomic E-state index is 0.151.